The summed E-state index contributed by atoms with van der Waals surface area (Å²) in [4.78, 5) is 0. The number of rotatable bonds is 2. The quantitative estimate of drug-likeness (QED) is 0.769. The Kier molecular flexibility index (Phi) is 3.44. The molecule has 1 rings (SSSR count). The first-order valence-electron chi connectivity index (χ1n) is 4.57. The van der Waals surface area contributed by atoms with Gasteiger partial charge in [-0.05, 0) is 42.7 Å². The predicted octanol–water partition coefficient (Wildman–Crippen LogP) is 2.15. The molecule has 0 atom stereocenters. The third-order valence-corrected chi connectivity index (χ3v) is 2.27. The van der Waals surface area contributed by atoms with Crippen molar-refractivity contribution in [3.8, 4) is 6.07 Å². The highest BCUT2D eigenvalue weighted by atomic mass is 14.5. The summed E-state index contributed by atoms with van der Waals surface area (Å²) in [5, 5.41) is 8.80. The monoisotopic (exact) mass is 186 g/mol. The highest BCUT2D eigenvalue weighted by molar-refractivity contribution is 5.58. The molecule has 0 aliphatic heterocycles. The van der Waals surface area contributed by atoms with Crippen LogP contribution >= 0.6 is 0 Å². The molecule has 1 aromatic carbocycles. The van der Waals surface area contributed by atoms with Crippen LogP contribution < -0.4 is 5.73 Å². The summed E-state index contributed by atoms with van der Waals surface area (Å²) < 4.78 is 0. The lowest BCUT2D eigenvalue weighted by molar-refractivity contribution is 1.26. The summed E-state index contributed by atoms with van der Waals surface area (Å²) >= 11 is 0. The molecule has 1 aromatic rings. The van der Waals surface area contributed by atoms with E-state index in [4.69, 9.17) is 11.0 Å². The van der Waals surface area contributed by atoms with Gasteiger partial charge in [-0.1, -0.05) is 12.2 Å². The molecule has 2 N–H and O–H groups in total. The van der Waals surface area contributed by atoms with E-state index in [0.717, 1.165) is 11.1 Å². The number of hydrogen-bond donors (Lipinski definition) is 1. The molecule has 0 radical (unpaired) electrons. The van der Waals surface area contributed by atoms with Gasteiger partial charge in [-0.15, -0.1) is 0 Å². The Morgan fingerprint density at radius 2 is 2.14 bits per heavy atom. The second kappa shape index (κ2) is 4.59. The average Bonchev–Trinajstić information content (AvgIpc) is 2.20. The second-order valence-electron chi connectivity index (χ2n) is 3.26. The maximum absolute atomic E-state index is 8.80. The number of nitrogens with zero attached hydrogens (tertiary/aromatic N) is 1. The fourth-order valence-electron chi connectivity index (χ4n) is 1.32. The van der Waals surface area contributed by atoms with Crippen LogP contribution in [0.25, 0.3) is 6.08 Å². The van der Waals surface area contributed by atoms with Crippen LogP contribution in [0, 0.1) is 25.2 Å². The van der Waals surface area contributed by atoms with Crippen molar-refractivity contribution in [3.05, 3.63) is 40.5 Å². The van der Waals surface area contributed by atoms with Crippen molar-refractivity contribution in [2.75, 3.05) is 6.54 Å². The van der Waals surface area contributed by atoms with Crippen LogP contribution in [0.4, 0.5) is 0 Å². The fraction of sp³-hybridized carbons (Fsp3) is 0.250. The van der Waals surface area contributed by atoms with E-state index in [1.165, 1.54) is 5.56 Å². The summed E-state index contributed by atoms with van der Waals surface area (Å²) in [5.74, 6) is 0. The summed E-state index contributed by atoms with van der Waals surface area (Å²) in [5.41, 5.74) is 9.50. The van der Waals surface area contributed by atoms with Crippen LogP contribution in [0.3, 0.4) is 0 Å². The van der Waals surface area contributed by atoms with Gasteiger partial charge in [-0.3, -0.25) is 0 Å². The molecule has 14 heavy (non-hydrogen) atoms. The number of aryl methyl sites for hydroxylation is 1. The van der Waals surface area contributed by atoms with Crippen molar-refractivity contribution in [2.24, 2.45) is 5.73 Å². The summed E-state index contributed by atoms with van der Waals surface area (Å²) in [6, 6.07) is 5.93. The van der Waals surface area contributed by atoms with Gasteiger partial charge in [-0.25, -0.2) is 0 Å². The first kappa shape index (κ1) is 10.5. The van der Waals surface area contributed by atoms with E-state index in [2.05, 4.69) is 6.07 Å². The summed E-state index contributed by atoms with van der Waals surface area (Å²) in [6.45, 7) is 4.58. The molecule has 0 bridgehead atoms. The Balaban J connectivity index is 3.22. The molecule has 0 saturated heterocycles. The number of benzene rings is 1. The van der Waals surface area contributed by atoms with Crippen LogP contribution in [0.15, 0.2) is 18.2 Å². The van der Waals surface area contributed by atoms with Gasteiger partial charge < -0.3 is 5.73 Å². The average molecular weight is 186 g/mol. The van der Waals surface area contributed by atoms with Crippen LogP contribution in [-0.2, 0) is 0 Å². The molecule has 0 aliphatic carbocycles. The molecular weight excluding hydrogens is 172 g/mol. The Bertz CT molecular complexity index is 398. The zero-order valence-electron chi connectivity index (χ0n) is 8.54. The van der Waals surface area contributed by atoms with Gasteiger partial charge in [0.25, 0.3) is 0 Å². The van der Waals surface area contributed by atoms with E-state index < -0.39 is 0 Å². The minimum Gasteiger partial charge on any atom is -0.327 e. The van der Waals surface area contributed by atoms with Gasteiger partial charge in [-0.2, -0.15) is 5.26 Å². The first-order valence-corrected chi connectivity index (χ1v) is 4.57. The van der Waals surface area contributed by atoms with Gasteiger partial charge in [0.2, 0.25) is 0 Å². The molecule has 0 aromatic heterocycles. The summed E-state index contributed by atoms with van der Waals surface area (Å²) in [6.07, 6.45) is 3.85. The Morgan fingerprint density at radius 1 is 1.43 bits per heavy atom. The van der Waals surface area contributed by atoms with E-state index in [1.54, 1.807) is 0 Å². The van der Waals surface area contributed by atoms with Crippen molar-refractivity contribution in [1.82, 2.24) is 0 Å². The van der Waals surface area contributed by atoms with Gasteiger partial charge >= 0.3 is 0 Å². The van der Waals surface area contributed by atoms with Crippen LogP contribution in [0.2, 0.25) is 0 Å². The Morgan fingerprint density at radius 3 is 2.71 bits per heavy atom. The van der Waals surface area contributed by atoms with Crippen molar-refractivity contribution in [2.45, 2.75) is 13.8 Å². The van der Waals surface area contributed by atoms with Crippen LogP contribution in [0.5, 0.6) is 0 Å². The van der Waals surface area contributed by atoms with E-state index in [1.807, 2.05) is 38.1 Å². The number of nitriles is 1. The Hall–Kier alpha value is -1.59. The molecule has 2 heteroatoms. The van der Waals surface area contributed by atoms with Crippen molar-refractivity contribution in [3.63, 3.8) is 0 Å². The van der Waals surface area contributed by atoms with Crippen molar-refractivity contribution < 1.29 is 0 Å². The zero-order valence-corrected chi connectivity index (χ0v) is 8.54. The smallest absolute Gasteiger partial charge is 0.0991 e. The number of nitrogens with two attached hydrogens (primary N) is 1. The second-order valence-corrected chi connectivity index (χ2v) is 3.26. The predicted molar refractivity (Wildman–Crippen MR) is 58.7 cm³/mol. The molecule has 2 nitrogen and oxygen atoms in total. The third-order valence-electron chi connectivity index (χ3n) is 2.27. The maximum atomic E-state index is 8.80. The maximum Gasteiger partial charge on any atom is 0.0991 e. The van der Waals surface area contributed by atoms with Crippen LogP contribution in [-0.4, -0.2) is 6.54 Å². The Labute approximate surface area is 84.7 Å². The molecule has 0 heterocycles. The molecule has 0 spiro atoms. The van der Waals surface area contributed by atoms with Gasteiger partial charge in [0.05, 0.1) is 11.6 Å². The van der Waals surface area contributed by atoms with E-state index in [0.29, 0.717) is 12.1 Å². The standard InChI is InChI=1S/C12H14N2/c1-9-6-11(8-14)7-12(10(9)2)4-3-5-13/h3-4,6-7H,5,13H2,1-2H3/b4-3+. The zero-order chi connectivity index (χ0) is 10.6. The molecule has 0 unspecified atom stereocenters. The van der Waals surface area contributed by atoms with Gasteiger partial charge in [0.15, 0.2) is 0 Å². The van der Waals surface area contributed by atoms with E-state index in [-0.39, 0.29) is 0 Å². The highest BCUT2D eigenvalue weighted by Crippen LogP contribution is 2.17. The molecule has 0 amide bonds. The molecular formula is C12H14N2. The van der Waals surface area contributed by atoms with Gasteiger partial charge in [0.1, 0.15) is 0 Å². The first-order chi connectivity index (χ1) is 6.69. The van der Waals surface area contributed by atoms with Crippen LogP contribution in [0.1, 0.15) is 22.3 Å². The van der Waals surface area contributed by atoms with Crippen molar-refractivity contribution in [1.29, 1.82) is 5.26 Å². The fourth-order valence-corrected chi connectivity index (χ4v) is 1.32. The number of hydrogen-bond acceptors (Lipinski definition) is 2. The third kappa shape index (κ3) is 2.21. The molecule has 72 valence electrons. The largest absolute Gasteiger partial charge is 0.327 e. The lowest BCUT2D eigenvalue weighted by Gasteiger charge is -2.05. The lowest BCUT2D eigenvalue weighted by Crippen LogP contribution is -1.93. The lowest BCUT2D eigenvalue weighted by atomic mass is 10.00. The van der Waals surface area contributed by atoms with Crippen molar-refractivity contribution >= 4 is 6.08 Å². The molecule has 0 aliphatic rings. The highest BCUT2D eigenvalue weighted by Gasteiger charge is 2.00. The normalized spacial score (nSPS) is 10.4. The SMILES string of the molecule is Cc1cc(C#N)cc(/C=C/CN)c1C. The van der Waals surface area contributed by atoms with E-state index in [9.17, 15) is 0 Å². The summed E-state index contributed by atoms with van der Waals surface area (Å²) in [7, 11) is 0. The molecule has 0 saturated carbocycles. The minimum atomic E-state index is 0.523. The topological polar surface area (TPSA) is 49.8 Å². The minimum absolute atomic E-state index is 0.523. The van der Waals surface area contributed by atoms with Gasteiger partial charge in [0, 0.05) is 6.54 Å². The molecule has 0 fully saturated rings. The van der Waals surface area contributed by atoms with E-state index >= 15 is 0 Å².